The summed E-state index contributed by atoms with van der Waals surface area (Å²) in [5.74, 6) is -0.178. The van der Waals surface area contributed by atoms with Gasteiger partial charge in [0.15, 0.2) is 0 Å². The molecule has 2 N–H and O–H groups in total. The van der Waals surface area contributed by atoms with Crippen LogP contribution in [0.15, 0.2) is 66.7 Å². The molecule has 2 amide bonds. The molecular formula is C34H39ClN4O3. The van der Waals surface area contributed by atoms with E-state index < -0.39 is 6.04 Å². The zero-order valence-corrected chi connectivity index (χ0v) is 24.9. The van der Waals surface area contributed by atoms with Crippen LogP contribution < -0.4 is 15.5 Å². The molecule has 0 bridgehead atoms. The molecule has 7 nitrogen and oxygen atoms in total. The standard InChI is InChI=1S/C34H39ClN4O3/c1-42-28-14-11-24-7-4-8-32(29(24)21-28)38-15-17-39(18-16-38)34(41)31(19-23-9-12-27(35)13-10-23)37-33(40)30-20-25-5-2-3-6-26(25)22-36-30/h2-10,12-13,28,30-31,36H,11,14-22H2,1H3,(H,37,40). The summed E-state index contributed by atoms with van der Waals surface area (Å²) in [6, 6.07) is 21.2. The second-order valence-corrected chi connectivity index (χ2v) is 12.1. The molecule has 42 heavy (non-hydrogen) atoms. The number of amides is 2. The first-order valence-electron chi connectivity index (χ1n) is 15.0. The van der Waals surface area contributed by atoms with Gasteiger partial charge in [0.05, 0.1) is 12.1 Å². The molecule has 0 aromatic heterocycles. The quantitative estimate of drug-likeness (QED) is 0.439. The van der Waals surface area contributed by atoms with Crippen molar-refractivity contribution in [1.82, 2.24) is 15.5 Å². The molecule has 8 heteroatoms. The molecule has 3 aromatic carbocycles. The Bertz CT molecular complexity index is 1420. The SMILES string of the molecule is COC1CCc2cccc(N3CCN(C(=O)C(Cc4ccc(Cl)cc4)NC(=O)C4Cc5ccccc5CN4)CC3)c2C1. The average molecular weight is 587 g/mol. The summed E-state index contributed by atoms with van der Waals surface area (Å²) in [6.07, 6.45) is 4.29. The molecule has 3 aliphatic rings. The molecule has 2 aliphatic heterocycles. The topological polar surface area (TPSA) is 73.9 Å². The van der Waals surface area contributed by atoms with Gasteiger partial charge in [-0.2, -0.15) is 0 Å². The lowest BCUT2D eigenvalue weighted by Gasteiger charge is -2.39. The largest absolute Gasteiger partial charge is 0.381 e. The Morgan fingerprint density at radius 1 is 0.952 bits per heavy atom. The number of fused-ring (bicyclic) bond motifs is 2. The van der Waals surface area contributed by atoms with Crippen molar-refractivity contribution < 1.29 is 14.3 Å². The van der Waals surface area contributed by atoms with Gasteiger partial charge in [-0.3, -0.25) is 9.59 Å². The number of carbonyl (C=O) groups is 2. The van der Waals surface area contributed by atoms with Crippen LogP contribution in [-0.4, -0.2) is 68.2 Å². The zero-order chi connectivity index (χ0) is 29.1. The maximum Gasteiger partial charge on any atom is 0.245 e. The number of anilines is 1. The lowest BCUT2D eigenvalue weighted by molar-refractivity contribution is -0.137. The monoisotopic (exact) mass is 586 g/mol. The van der Waals surface area contributed by atoms with E-state index in [1.54, 1.807) is 7.11 Å². The van der Waals surface area contributed by atoms with Crippen LogP contribution in [-0.2, 0) is 46.6 Å². The number of ether oxygens (including phenoxy) is 1. The summed E-state index contributed by atoms with van der Waals surface area (Å²) >= 11 is 6.12. The van der Waals surface area contributed by atoms with Crippen LogP contribution in [0.5, 0.6) is 0 Å². The Balaban J connectivity index is 1.14. The fourth-order valence-electron chi connectivity index (χ4n) is 6.59. The van der Waals surface area contributed by atoms with E-state index in [4.69, 9.17) is 16.3 Å². The van der Waals surface area contributed by atoms with Crippen molar-refractivity contribution in [3.05, 3.63) is 99.6 Å². The number of hydrogen-bond acceptors (Lipinski definition) is 5. The van der Waals surface area contributed by atoms with Gasteiger partial charge in [-0.15, -0.1) is 0 Å². The van der Waals surface area contributed by atoms with Crippen molar-refractivity contribution in [3.8, 4) is 0 Å². The van der Waals surface area contributed by atoms with E-state index in [0.717, 1.165) is 37.9 Å². The van der Waals surface area contributed by atoms with E-state index in [1.807, 2.05) is 41.3 Å². The predicted molar refractivity (Wildman–Crippen MR) is 166 cm³/mol. The minimum Gasteiger partial charge on any atom is -0.381 e. The molecule has 0 radical (unpaired) electrons. The Morgan fingerprint density at radius 2 is 1.69 bits per heavy atom. The number of aryl methyl sites for hydroxylation is 1. The van der Waals surface area contributed by atoms with Gasteiger partial charge in [-0.05, 0) is 65.3 Å². The molecule has 1 saturated heterocycles. The maximum absolute atomic E-state index is 14.0. The fourth-order valence-corrected chi connectivity index (χ4v) is 6.72. The second kappa shape index (κ2) is 12.9. The second-order valence-electron chi connectivity index (χ2n) is 11.6. The van der Waals surface area contributed by atoms with Gasteiger partial charge in [-0.1, -0.05) is 60.1 Å². The Labute approximate surface area is 253 Å². The highest BCUT2D eigenvalue weighted by atomic mass is 35.5. The van der Waals surface area contributed by atoms with Gasteiger partial charge in [-0.25, -0.2) is 0 Å². The number of benzene rings is 3. The number of methoxy groups -OCH3 is 1. The van der Waals surface area contributed by atoms with Crippen LogP contribution in [0.3, 0.4) is 0 Å². The minimum atomic E-state index is -0.656. The van der Waals surface area contributed by atoms with Crippen molar-refractivity contribution in [3.63, 3.8) is 0 Å². The van der Waals surface area contributed by atoms with Gasteiger partial charge in [0.1, 0.15) is 6.04 Å². The summed E-state index contributed by atoms with van der Waals surface area (Å²) in [5, 5.41) is 7.12. The van der Waals surface area contributed by atoms with E-state index in [2.05, 4.69) is 45.9 Å². The molecule has 220 valence electrons. The van der Waals surface area contributed by atoms with Crippen LogP contribution in [0.4, 0.5) is 5.69 Å². The van der Waals surface area contributed by atoms with Crippen molar-refractivity contribution in [2.45, 2.75) is 56.8 Å². The number of carbonyl (C=O) groups excluding carboxylic acids is 2. The number of nitrogens with one attached hydrogen (secondary N) is 2. The predicted octanol–water partition coefficient (Wildman–Crippen LogP) is 3.93. The number of rotatable bonds is 7. The maximum atomic E-state index is 14.0. The van der Waals surface area contributed by atoms with Crippen LogP contribution in [0.2, 0.25) is 5.02 Å². The van der Waals surface area contributed by atoms with Crippen molar-refractivity contribution in [1.29, 1.82) is 0 Å². The highest BCUT2D eigenvalue weighted by Gasteiger charge is 2.33. The summed E-state index contributed by atoms with van der Waals surface area (Å²) in [4.78, 5) is 31.8. The van der Waals surface area contributed by atoms with Crippen molar-refractivity contribution in [2.24, 2.45) is 0 Å². The Hall–Kier alpha value is -3.39. The van der Waals surface area contributed by atoms with E-state index in [-0.39, 0.29) is 24.0 Å². The first-order chi connectivity index (χ1) is 20.5. The first-order valence-corrected chi connectivity index (χ1v) is 15.4. The third-order valence-electron chi connectivity index (χ3n) is 9.05. The van der Waals surface area contributed by atoms with Crippen molar-refractivity contribution >= 4 is 29.1 Å². The lowest BCUT2D eigenvalue weighted by Crippen LogP contribution is -2.58. The number of piperazine rings is 1. The third-order valence-corrected chi connectivity index (χ3v) is 9.30. The Kier molecular flexibility index (Phi) is 8.79. The smallest absolute Gasteiger partial charge is 0.245 e. The van der Waals surface area contributed by atoms with Crippen LogP contribution in [0.25, 0.3) is 0 Å². The summed E-state index contributed by atoms with van der Waals surface area (Å²) in [6.45, 7) is 3.36. The van der Waals surface area contributed by atoms with Crippen LogP contribution in [0, 0.1) is 0 Å². The highest BCUT2D eigenvalue weighted by molar-refractivity contribution is 6.30. The normalized spacial score (nSPS) is 20.8. The average Bonchev–Trinajstić information content (AvgIpc) is 3.04. The number of nitrogens with zero attached hydrogens (tertiary/aromatic N) is 2. The molecule has 0 saturated carbocycles. The highest BCUT2D eigenvalue weighted by Crippen LogP contribution is 2.32. The molecular weight excluding hydrogens is 548 g/mol. The lowest BCUT2D eigenvalue weighted by atomic mass is 9.88. The van der Waals surface area contributed by atoms with E-state index in [1.165, 1.54) is 27.9 Å². The van der Waals surface area contributed by atoms with E-state index in [0.29, 0.717) is 37.5 Å². The van der Waals surface area contributed by atoms with E-state index >= 15 is 0 Å². The van der Waals surface area contributed by atoms with Gasteiger partial charge in [0.25, 0.3) is 0 Å². The van der Waals surface area contributed by atoms with Gasteiger partial charge >= 0.3 is 0 Å². The van der Waals surface area contributed by atoms with Gasteiger partial charge in [0.2, 0.25) is 11.8 Å². The van der Waals surface area contributed by atoms with E-state index in [9.17, 15) is 9.59 Å². The zero-order valence-electron chi connectivity index (χ0n) is 24.2. The third kappa shape index (κ3) is 6.33. The van der Waals surface area contributed by atoms with Crippen LogP contribution >= 0.6 is 11.6 Å². The summed E-state index contributed by atoms with van der Waals surface area (Å²) in [7, 11) is 1.80. The van der Waals surface area contributed by atoms with Gasteiger partial charge < -0.3 is 25.2 Å². The summed E-state index contributed by atoms with van der Waals surface area (Å²) in [5.41, 5.74) is 7.39. The molecule has 6 rings (SSSR count). The Morgan fingerprint density at radius 3 is 2.45 bits per heavy atom. The molecule has 0 spiro atoms. The molecule has 2 heterocycles. The summed E-state index contributed by atoms with van der Waals surface area (Å²) < 4.78 is 5.70. The molecule has 1 fully saturated rings. The number of halogens is 1. The number of hydrogen-bond donors (Lipinski definition) is 2. The van der Waals surface area contributed by atoms with Crippen molar-refractivity contribution in [2.75, 3.05) is 38.2 Å². The minimum absolute atomic E-state index is 0.0382. The molecule has 3 atom stereocenters. The van der Waals surface area contributed by atoms with Gasteiger partial charge in [0, 0.05) is 63.4 Å². The van der Waals surface area contributed by atoms with Crippen LogP contribution in [0.1, 0.15) is 34.2 Å². The first kappa shape index (κ1) is 28.7. The fraction of sp³-hybridized carbons (Fsp3) is 0.412. The molecule has 3 unspecified atom stereocenters. The molecule has 3 aromatic rings. The molecule has 1 aliphatic carbocycles.